The molecule has 64 valence electrons. The molecule has 0 aromatic rings. The molecule has 0 heterocycles. The van der Waals surface area contributed by atoms with Crippen molar-refractivity contribution in [2.75, 3.05) is 13.2 Å². The molecule has 10 heavy (non-hydrogen) atoms. The average molecular weight is 238 g/mol. The Balaban J connectivity index is -0.0000000910. The van der Waals surface area contributed by atoms with E-state index >= 15 is 0 Å². The Morgan fingerprint density at radius 3 is 1.40 bits per heavy atom. The molecule has 0 fully saturated rings. The van der Waals surface area contributed by atoms with Gasteiger partial charge >= 0.3 is 7.82 Å². The number of aliphatic hydroxyl groups excluding tert-OH is 1. The fraction of sp³-hybridized carbons (Fsp3) is 1.00. The second-order valence-corrected chi connectivity index (χ2v) is 2.05. The molecule has 0 aromatic carbocycles. The van der Waals surface area contributed by atoms with Crippen molar-refractivity contribution >= 4 is 24.9 Å². The summed E-state index contributed by atoms with van der Waals surface area (Å²) in [7, 11) is -4.64. The van der Waals surface area contributed by atoms with Crippen LogP contribution in [-0.4, -0.2) is 50.0 Å². The second kappa shape index (κ2) is 9.55. The topological polar surface area (TPSA) is 124 Å². The molecule has 8 heteroatoms. The van der Waals surface area contributed by atoms with Crippen molar-refractivity contribution in [3.05, 3.63) is 0 Å². The number of hydrogen-bond donors (Lipinski definition) is 5. The zero-order chi connectivity index (χ0) is 7.91. The normalized spacial score (nSPS) is 8.90. The van der Waals surface area contributed by atoms with Crippen LogP contribution in [0.4, 0.5) is 0 Å². The van der Waals surface area contributed by atoms with E-state index in [0.717, 1.165) is 0 Å². The van der Waals surface area contributed by atoms with Gasteiger partial charge in [0.1, 0.15) is 0 Å². The maximum atomic E-state index is 8.88. The van der Waals surface area contributed by atoms with Crippen molar-refractivity contribution in [3.63, 3.8) is 0 Å². The molecule has 0 bridgehead atoms. The SMILES string of the molecule is NCCO.O=P(O)(O)O.[Se]. The molecule has 2 radical (unpaired) electrons. The molecule has 0 aliphatic heterocycles. The van der Waals surface area contributed by atoms with E-state index in [1.807, 2.05) is 0 Å². The molecule has 0 amide bonds. The molecule has 0 saturated carbocycles. The molecule has 0 aliphatic rings. The van der Waals surface area contributed by atoms with Gasteiger partial charge in [-0.15, -0.1) is 0 Å². The van der Waals surface area contributed by atoms with Crippen LogP contribution in [0, 0.1) is 0 Å². The standard InChI is InChI=1S/C2H7NO.H3O4P.Se/c3-1-2-4;1-5(2,3)4;/h4H,1-3H2;(H3,1,2,3,4);. The van der Waals surface area contributed by atoms with Crippen LogP contribution in [0.25, 0.3) is 0 Å². The van der Waals surface area contributed by atoms with Crippen LogP contribution in [0.2, 0.25) is 0 Å². The van der Waals surface area contributed by atoms with E-state index in [9.17, 15) is 0 Å². The number of hydrogen-bond acceptors (Lipinski definition) is 3. The molecule has 0 rings (SSSR count). The van der Waals surface area contributed by atoms with Crippen LogP contribution in [0.1, 0.15) is 0 Å². The number of rotatable bonds is 1. The van der Waals surface area contributed by atoms with Gasteiger partial charge in [-0.05, 0) is 0 Å². The van der Waals surface area contributed by atoms with Crippen molar-refractivity contribution in [2.45, 2.75) is 0 Å². The summed E-state index contributed by atoms with van der Waals surface area (Å²) in [6.07, 6.45) is 0. The van der Waals surface area contributed by atoms with Crippen molar-refractivity contribution in [1.82, 2.24) is 0 Å². The summed E-state index contributed by atoms with van der Waals surface area (Å²) in [5, 5.41) is 7.75. The van der Waals surface area contributed by atoms with Crippen molar-refractivity contribution in [3.8, 4) is 0 Å². The van der Waals surface area contributed by atoms with Gasteiger partial charge in [0.05, 0.1) is 6.61 Å². The summed E-state index contributed by atoms with van der Waals surface area (Å²) in [4.78, 5) is 21.6. The molecule has 0 aromatic heterocycles. The summed E-state index contributed by atoms with van der Waals surface area (Å²) in [5.74, 6) is 0. The van der Waals surface area contributed by atoms with Crippen LogP contribution in [0.3, 0.4) is 0 Å². The van der Waals surface area contributed by atoms with Crippen LogP contribution >= 0.6 is 7.82 Å². The molecule has 0 unspecified atom stereocenters. The van der Waals surface area contributed by atoms with Crippen LogP contribution in [-0.2, 0) is 4.57 Å². The summed E-state index contributed by atoms with van der Waals surface area (Å²) in [6, 6.07) is 0. The number of nitrogens with two attached hydrogens (primary N) is 1. The van der Waals surface area contributed by atoms with Gasteiger partial charge in [-0.3, -0.25) is 0 Å². The monoisotopic (exact) mass is 239 g/mol. The molecule has 0 spiro atoms. The average Bonchev–Trinajstić information content (AvgIpc) is 1.61. The summed E-state index contributed by atoms with van der Waals surface area (Å²) in [5.41, 5.74) is 4.78. The van der Waals surface area contributed by atoms with Gasteiger partial charge in [0.15, 0.2) is 0 Å². The third-order valence-corrected chi connectivity index (χ3v) is 0.129. The summed E-state index contributed by atoms with van der Waals surface area (Å²) < 4.78 is 8.88. The molecule has 6 nitrogen and oxygen atoms in total. The van der Waals surface area contributed by atoms with E-state index in [4.69, 9.17) is 30.1 Å². The molecule has 6 N–H and O–H groups in total. The van der Waals surface area contributed by atoms with Crippen LogP contribution < -0.4 is 5.73 Å². The first-order chi connectivity index (χ1) is 3.91. The summed E-state index contributed by atoms with van der Waals surface area (Å²) in [6.45, 7) is 0.472. The zero-order valence-electron chi connectivity index (χ0n) is 5.04. The van der Waals surface area contributed by atoms with E-state index in [1.54, 1.807) is 0 Å². The van der Waals surface area contributed by atoms with Gasteiger partial charge in [0, 0.05) is 23.6 Å². The molecular formula is C2H10NO5PSe. The first-order valence-electron chi connectivity index (χ1n) is 2.01. The van der Waals surface area contributed by atoms with Gasteiger partial charge in [-0.25, -0.2) is 4.57 Å². The maximum Gasteiger partial charge on any atom is 0.466 e. The number of aliphatic hydroxyl groups is 1. The Kier molecular flexibility index (Phi) is 16.1. The Labute approximate surface area is 68.8 Å². The molecular weight excluding hydrogens is 228 g/mol. The van der Waals surface area contributed by atoms with Crippen LogP contribution in [0.15, 0.2) is 0 Å². The minimum Gasteiger partial charge on any atom is -0.395 e. The molecule has 0 atom stereocenters. The van der Waals surface area contributed by atoms with E-state index in [2.05, 4.69) is 0 Å². The summed E-state index contributed by atoms with van der Waals surface area (Å²) >= 11 is 0. The van der Waals surface area contributed by atoms with E-state index in [0.29, 0.717) is 6.54 Å². The Morgan fingerprint density at radius 2 is 1.40 bits per heavy atom. The fourth-order valence-corrected chi connectivity index (χ4v) is 0. The Morgan fingerprint density at radius 1 is 1.30 bits per heavy atom. The minimum atomic E-state index is -4.64. The maximum absolute atomic E-state index is 8.88. The van der Waals surface area contributed by atoms with Crippen LogP contribution in [0.5, 0.6) is 0 Å². The first kappa shape index (κ1) is 16.9. The van der Waals surface area contributed by atoms with Gasteiger partial charge in [-0.2, -0.15) is 0 Å². The third-order valence-electron chi connectivity index (χ3n) is 0.129. The van der Waals surface area contributed by atoms with Crippen molar-refractivity contribution in [2.24, 2.45) is 5.73 Å². The van der Waals surface area contributed by atoms with Gasteiger partial charge < -0.3 is 25.5 Å². The van der Waals surface area contributed by atoms with Gasteiger partial charge in [-0.1, -0.05) is 0 Å². The first-order valence-corrected chi connectivity index (χ1v) is 3.57. The molecule has 0 saturated heterocycles. The predicted molar refractivity (Wildman–Crippen MR) is 36.2 cm³/mol. The minimum absolute atomic E-state index is 0. The Bertz CT molecular complexity index is 83.4. The predicted octanol–water partition coefficient (Wildman–Crippen LogP) is -2.37. The van der Waals surface area contributed by atoms with Crippen molar-refractivity contribution < 1.29 is 24.4 Å². The Hall–Kier alpha value is 0.549. The molecule has 0 aliphatic carbocycles. The number of phosphoric acid groups is 1. The zero-order valence-corrected chi connectivity index (χ0v) is 7.65. The van der Waals surface area contributed by atoms with E-state index < -0.39 is 7.82 Å². The fourth-order valence-electron chi connectivity index (χ4n) is 0. The smallest absolute Gasteiger partial charge is 0.395 e. The third kappa shape index (κ3) is 203. The second-order valence-electron chi connectivity index (χ2n) is 1.03. The largest absolute Gasteiger partial charge is 0.466 e. The van der Waals surface area contributed by atoms with E-state index in [1.165, 1.54) is 0 Å². The van der Waals surface area contributed by atoms with E-state index in [-0.39, 0.29) is 23.7 Å². The van der Waals surface area contributed by atoms with Gasteiger partial charge in [0.25, 0.3) is 0 Å². The quantitative estimate of drug-likeness (QED) is 0.257. The van der Waals surface area contributed by atoms with Gasteiger partial charge in [0.2, 0.25) is 0 Å². The van der Waals surface area contributed by atoms with Crippen molar-refractivity contribution in [1.29, 1.82) is 0 Å².